The lowest BCUT2D eigenvalue weighted by Gasteiger charge is -2.27. The van der Waals surface area contributed by atoms with Gasteiger partial charge in [-0.2, -0.15) is 9.97 Å². The van der Waals surface area contributed by atoms with Crippen LogP contribution in [0.15, 0.2) is 30.2 Å². The molecule has 6 rings (SSSR count). The van der Waals surface area contributed by atoms with E-state index in [4.69, 9.17) is 14.7 Å². The number of morpholine rings is 1. The molecule has 1 aliphatic heterocycles. The molecule has 0 amide bonds. The number of nitrogens with one attached hydrogen (secondary N) is 2. The molecule has 0 atom stereocenters. The number of aromatic nitrogens is 7. The molecule has 13 heteroatoms. The van der Waals surface area contributed by atoms with Crippen LogP contribution in [0.4, 0.5) is 20.5 Å². The number of rotatable bonds is 5. The molecule has 5 heterocycles. The van der Waals surface area contributed by atoms with Crippen molar-refractivity contribution in [2.45, 2.75) is 6.54 Å². The SMILES string of the molecule is Fc1ccc2[nH]c(CNc3nc(N4CCOCC4)nc4c3ncn4-c3cncs3)nc2c1F. The van der Waals surface area contributed by atoms with Crippen molar-refractivity contribution in [3.8, 4) is 5.00 Å². The van der Waals surface area contributed by atoms with Crippen molar-refractivity contribution < 1.29 is 13.5 Å². The molecule has 5 aromatic rings. The van der Waals surface area contributed by atoms with Gasteiger partial charge >= 0.3 is 0 Å². The van der Waals surface area contributed by atoms with Gasteiger partial charge in [0, 0.05) is 13.1 Å². The van der Waals surface area contributed by atoms with E-state index in [0.717, 1.165) is 11.1 Å². The van der Waals surface area contributed by atoms with Gasteiger partial charge in [0.1, 0.15) is 22.7 Å². The topological polar surface area (TPSA) is 110 Å². The average Bonchev–Trinajstić information content (AvgIpc) is 3.60. The first-order chi connectivity index (χ1) is 16.2. The molecular formula is C20H17F2N9OS. The first-order valence-electron chi connectivity index (χ1n) is 10.2. The number of fused-ring (bicyclic) bond motifs is 2. The van der Waals surface area contributed by atoms with Crippen LogP contribution < -0.4 is 10.2 Å². The molecule has 1 saturated heterocycles. The Morgan fingerprint density at radius 3 is 2.82 bits per heavy atom. The summed E-state index contributed by atoms with van der Waals surface area (Å²) in [6, 6.07) is 2.53. The lowest BCUT2D eigenvalue weighted by Crippen LogP contribution is -2.37. The van der Waals surface area contributed by atoms with Crippen molar-refractivity contribution in [1.29, 1.82) is 0 Å². The molecule has 10 nitrogen and oxygen atoms in total. The Bertz CT molecular complexity index is 1440. The summed E-state index contributed by atoms with van der Waals surface area (Å²) in [5, 5.41) is 4.11. The Hall–Kier alpha value is -3.71. The summed E-state index contributed by atoms with van der Waals surface area (Å²) in [6.45, 7) is 2.75. The Morgan fingerprint density at radius 1 is 1.12 bits per heavy atom. The Morgan fingerprint density at radius 2 is 2.00 bits per heavy atom. The van der Waals surface area contributed by atoms with Gasteiger partial charge in [-0.15, -0.1) is 11.3 Å². The van der Waals surface area contributed by atoms with E-state index < -0.39 is 11.6 Å². The van der Waals surface area contributed by atoms with Gasteiger partial charge in [0.25, 0.3) is 0 Å². The van der Waals surface area contributed by atoms with Crippen LogP contribution in [0.25, 0.3) is 27.2 Å². The maximum absolute atomic E-state index is 14.0. The fourth-order valence-corrected chi connectivity index (χ4v) is 4.32. The predicted molar refractivity (Wildman–Crippen MR) is 119 cm³/mol. The van der Waals surface area contributed by atoms with Crippen LogP contribution in [0.1, 0.15) is 5.82 Å². The molecule has 0 saturated carbocycles. The van der Waals surface area contributed by atoms with Crippen LogP contribution >= 0.6 is 11.3 Å². The second-order valence-electron chi connectivity index (χ2n) is 7.39. The molecule has 0 bridgehead atoms. The van der Waals surface area contributed by atoms with Crippen molar-refractivity contribution >= 4 is 45.3 Å². The summed E-state index contributed by atoms with van der Waals surface area (Å²) in [5.41, 5.74) is 3.34. The number of nitrogens with zero attached hydrogens (tertiary/aromatic N) is 7. The maximum Gasteiger partial charge on any atom is 0.229 e. The minimum atomic E-state index is -0.975. The summed E-state index contributed by atoms with van der Waals surface area (Å²) < 4.78 is 34.9. The second kappa shape index (κ2) is 8.01. The predicted octanol–water partition coefficient (Wildman–Crippen LogP) is 2.88. The summed E-state index contributed by atoms with van der Waals surface area (Å²) >= 11 is 1.47. The van der Waals surface area contributed by atoms with E-state index >= 15 is 0 Å². The molecule has 1 fully saturated rings. The van der Waals surface area contributed by atoms with E-state index in [1.807, 2.05) is 4.57 Å². The standard InChI is InChI=1S/C20H17F2N9OS/c21-11-1-2-12-16(15(11)22)27-13(26-12)7-24-18-17-19(31(9-25-17)14-8-23-10-33-14)29-20(28-18)30-3-5-32-6-4-30/h1-2,8-10H,3-7H2,(H,26,27)(H,24,28,29). The summed E-state index contributed by atoms with van der Waals surface area (Å²) in [5.74, 6) is -0.405. The van der Waals surface area contributed by atoms with Crippen molar-refractivity contribution in [2.24, 2.45) is 0 Å². The Labute approximate surface area is 189 Å². The van der Waals surface area contributed by atoms with E-state index in [-0.39, 0.29) is 12.1 Å². The smallest absolute Gasteiger partial charge is 0.229 e. The van der Waals surface area contributed by atoms with E-state index in [1.54, 1.807) is 18.0 Å². The maximum atomic E-state index is 14.0. The van der Waals surface area contributed by atoms with Crippen LogP contribution in [0.3, 0.4) is 0 Å². The van der Waals surface area contributed by atoms with Crippen molar-refractivity contribution in [2.75, 3.05) is 36.5 Å². The number of hydrogen-bond acceptors (Lipinski definition) is 9. The zero-order chi connectivity index (χ0) is 22.4. The van der Waals surface area contributed by atoms with Gasteiger partial charge in [0.2, 0.25) is 5.95 Å². The fourth-order valence-electron chi connectivity index (χ4n) is 3.73. The number of aromatic amines is 1. The third kappa shape index (κ3) is 3.54. The summed E-state index contributed by atoms with van der Waals surface area (Å²) in [7, 11) is 0. The number of ether oxygens (including phenoxy) is 1. The number of anilines is 2. The number of benzene rings is 1. The number of halogens is 2. The van der Waals surface area contributed by atoms with Gasteiger partial charge in [-0.3, -0.25) is 9.55 Å². The number of imidazole rings is 2. The zero-order valence-corrected chi connectivity index (χ0v) is 17.9. The van der Waals surface area contributed by atoms with Crippen LogP contribution in [0.5, 0.6) is 0 Å². The van der Waals surface area contributed by atoms with Gasteiger partial charge in [0.15, 0.2) is 28.6 Å². The molecular weight excluding hydrogens is 452 g/mol. The van der Waals surface area contributed by atoms with E-state index in [9.17, 15) is 8.78 Å². The van der Waals surface area contributed by atoms with Gasteiger partial charge in [0.05, 0.1) is 37.0 Å². The number of thiazole rings is 1. The highest BCUT2D eigenvalue weighted by molar-refractivity contribution is 7.12. The molecule has 1 aliphatic rings. The van der Waals surface area contributed by atoms with Gasteiger partial charge in [-0.05, 0) is 12.1 Å². The van der Waals surface area contributed by atoms with E-state index in [2.05, 4.69) is 30.2 Å². The Balaban J connectivity index is 1.38. The minimum Gasteiger partial charge on any atom is -0.378 e. The van der Waals surface area contributed by atoms with E-state index in [1.165, 1.54) is 17.4 Å². The fraction of sp³-hybridized carbons (Fsp3) is 0.250. The zero-order valence-electron chi connectivity index (χ0n) is 17.1. The van der Waals surface area contributed by atoms with Crippen LogP contribution in [-0.4, -0.2) is 60.8 Å². The van der Waals surface area contributed by atoms with Crippen molar-refractivity contribution in [3.05, 3.63) is 47.6 Å². The lowest BCUT2D eigenvalue weighted by molar-refractivity contribution is 0.122. The Kier molecular flexibility index (Phi) is 4.84. The summed E-state index contributed by atoms with van der Waals surface area (Å²) in [6.07, 6.45) is 3.43. The highest BCUT2D eigenvalue weighted by atomic mass is 32.1. The van der Waals surface area contributed by atoms with Gasteiger partial charge in [-0.1, -0.05) is 0 Å². The molecule has 4 aromatic heterocycles. The molecule has 0 unspecified atom stereocenters. The summed E-state index contributed by atoms with van der Waals surface area (Å²) in [4.78, 5) is 27.4. The van der Waals surface area contributed by atoms with Gasteiger partial charge < -0.3 is 19.9 Å². The molecule has 1 aromatic carbocycles. The number of H-pyrrole nitrogens is 1. The third-order valence-corrected chi connectivity index (χ3v) is 6.12. The molecule has 0 spiro atoms. The average molecular weight is 469 g/mol. The van der Waals surface area contributed by atoms with Crippen molar-refractivity contribution in [3.63, 3.8) is 0 Å². The first kappa shape index (κ1) is 19.9. The van der Waals surface area contributed by atoms with Crippen LogP contribution in [0.2, 0.25) is 0 Å². The second-order valence-corrected chi connectivity index (χ2v) is 8.26. The monoisotopic (exact) mass is 469 g/mol. The largest absolute Gasteiger partial charge is 0.378 e. The highest BCUT2D eigenvalue weighted by Crippen LogP contribution is 2.27. The minimum absolute atomic E-state index is 0.0388. The van der Waals surface area contributed by atoms with Crippen LogP contribution in [0, 0.1) is 11.6 Å². The van der Waals surface area contributed by atoms with Crippen molar-refractivity contribution in [1.82, 2.24) is 34.5 Å². The quantitative estimate of drug-likeness (QED) is 0.404. The van der Waals surface area contributed by atoms with Crippen LogP contribution in [-0.2, 0) is 11.3 Å². The molecule has 33 heavy (non-hydrogen) atoms. The highest BCUT2D eigenvalue weighted by Gasteiger charge is 2.20. The van der Waals surface area contributed by atoms with Gasteiger partial charge in [-0.25, -0.2) is 18.7 Å². The first-order valence-corrected chi connectivity index (χ1v) is 11.1. The van der Waals surface area contributed by atoms with E-state index in [0.29, 0.717) is 60.6 Å². The molecule has 2 N–H and O–H groups in total. The number of hydrogen-bond donors (Lipinski definition) is 2. The lowest BCUT2D eigenvalue weighted by atomic mass is 10.3. The molecule has 0 radical (unpaired) electrons. The molecule has 0 aliphatic carbocycles. The third-order valence-electron chi connectivity index (χ3n) is 5.35. The normalized spacial score (nSPS) is 14.4. The molecule has 168 valence electrons.